The molecule has 0 N–H and O–H groups in total. The third-order valence-electron chi connectivity index (χ3n) is 2.94. The second-order valence-electron chi connectivity index (χ2n) is 5.37. The molecule has 1 unspecified atom stereocenters. The summed E-state index contributed by atoms with van der Waals surface area (Å²) in [5.41, 5.74) is 2.05. The molecule has 0 aliphatic carbocycles. The van der Waals surface area contributed by atoms with Crippen molar-refractivity contribution in [1.29, 1.82) is 0 Å². The summed E-state index contributed by atoms with van der Waals surface area (Å²) >= 11 is 1.81. The monoisotopic (exact) mass is 247 g/mol. The summed E-state index contributed by atoms with van der Waals surface area (Å²) in [4.78, 5) is 15.4. The first-order valence-corrected chi connectivity index (χ1v) is 6.75. The summed E-state index contributed by atoms with van der Waals surface area (Å²) in [7, 11) is 0. The van der Waals surface area contributed by atoms with Crippen LogP contribution in [0.2, 0.25) is 0 Å². The molecule has 0 amide bonds. The largest absolute Gasteiger partial charge is 0.298 e. The molecule has 1 aromatic carbocycles. The highest BCUT2D eigenvalue weighted by molar-refractivity contribution is 8.14. The summed E-state index contributed by atoms with van der Waals surface area (Å²) in [6, 6.07) is 8.01. The lowest BCUT2D eigenvalue weighted by Crippen LogP contribution is -2.24. The fraction of sp³-hybridized carbons (Fsp3) is 0.429. The third kappa shape index (κ3) is 2.78. The Kier molecular flexibility index (Phi) is 3.38. The Morgan fingerprint density at radius 1 is 1.29 bits per heavy atom. The van der Waals surface area contributed by atoms with Gasteiger partial charge in [-0.15, -0.1) is 11.8 Å². The zero-order valence-corrected chi connectivity index (χ0v) is 11.3. The molecule has 1 atom stereocenters. The number of benzene rings is 1. The predicted molar refractivity (Wildman–Crippen MR) is 74.1 cm³/mol. The first-order chi connectivity index (χ1) is 8.00. The van der Waals surface area contributed by atoms with Crippen LogP contribution in [0.4, 0.5) is 0 Å². The zero-order valence-electron chi connectivity index (χ0n) is 10.4. The van der Waals surface area contributed by atoms with Gasteiger partial charge in [0.15, 0.2) is 0 Å². The van der Waals surface area contributed by atoms with E-state index in [-0.39, 0.29) is 5.41 Å². The van der Waals surface area contributed by atoms with Crippen LogP contribution in [0.1, 0.15) is 36.7 Å². The molecule has 1 aliphatic rings. The Morgan fingerprint density at radius 2 is 1.94 bits per heavy atom. The molecule has 2 nitrogen and oxygen atoms in total. The molecule has 0 aromatic heterocycles. The van der Waals surface area contributed by atoms with E-state index in [1.54, 1.807) is 11.8 Å². The third-order valence-corrected chi connectivity index (χ3v) is 4.04. The van der Waals surface area contributed by atoms with Gasteiger partial charge in [-0.25, -0.2) is 0 Å². The normalized spacial score (nSPS) is 20.2. The molecule has 0 radical (unpaired) electrons. The van der Waals surface area contributed by atoms with E-state index in [2.05, 4.69) is 20.8 Å². The van der Waals surface area contributed by atoms with Gasteiger partial charge >= 0.3 is 0 Å². The number of thioether (sulfide) groups is 1. The van der Waals surface area contributed by atoms with Gasteiger partial charge in [0.05, 0.1) is 11.1 Å². The summed E-state index contributed by atoms with van der Waals surface area (Å²) in [5.74, 6) is 1.05. The van der Waals surface area contributed by atoms with Crippen LogP contribution in [0.5, 0.6) is 0 Å². The number of aliphatic imine (C=N–C) groups is 1. The second kappa shape index (κ2) is 4.65. The van der Waals surface area contributed by atoms with Crippen molar-refractivity contribution in [2.24, 2.45) is 10.4 Å². The molecule has 17 heavy (non-hydrogen) atoms. The molecular weight excluding hydrogens is 230 g/mol. The molecule has 3 heteroatoms. The highest BCUT2D eigenvalue weighted by atomic mass is 32.2. The maximum atomic E-state index is 10.6. The first-order valence-electron chi connectivity index (χ1n) is 5.77. The minimum atomic E-state index is 0.220. The van der Waals surface area contributed by atoms with E-state index in [0.717, 1.165) is 22.6 Å². The van der Waals surface area contributed by atoms with Gasteiger partial charge in [-0.1, -0.05) is 45.0 Å². The molecular formula is C14H17NOS. The molecule has 2 rings (SSSR count). The van der Waals surface area contributed by atoms with Crippen LogP contribution >= 0.6 is 11.8 Å². The summed E-state index contributed by atoms with van der Waals surface area (Å²) in [6.45, 7) is 6.67. The number of hydrogen-bond acceptors (Lipinski definition) is 3. The minimum absolute atomic E-state index is 0.220. The van der Waals surface area contributed by atoms with E-state index >= 15 is 0 Å². The Labute approximate surface area is 107 Å². The van der Waals surface area contributed by atoms with Gasteiger partial charge in [0, 0.05) is 16.9 Å². The minimum Gasteiger partial charge on any atom is -0.298 e. The van der Waals surface area contributed by atoms with Crippen molar-refractivity contribution in [2.45, 2.75) is 26.8 Å². The maximum absolute atomic E-state index is 10.6. The van der Waals surface area contributed by atoms with Crippen molar-refractivity contribution in [3.05, 3.63) is 35.4 Å². The average molecular weight is 247 g/mol. The molecule has 0 bridgehead atoms. The van der Waals surface area contributed by atoms with Crippen molar-refractivity contribution in [3.63, 3.8) is 0 Å². The molecule has 90 valence electrons. The van der Waals surface area contributed by atoms with Crippen LogP contribution in [0.15, 0.2) is 29.3 Å². The second-order valence-corrected chi connectivity index (χ2v) is 6.38. The van der Waals surface area contributed by atoms with Gasteiger partial charge in [-0.2, -0.15) is 0 Å². The summed E-state index contributed by atoms with van der Waals surface area (Å²) in [6.07, 6.45) is 0.866. The van der Waals surface area contributed by atoms with Gasteiger partial charge in [0.25, 0.3) is 0 Å². The van der Waals surface area contributed by atoms with Crippen molar-refractivity contribution in [3.8, 4) is 0 Å². The quantitative estimate of drug-likeness (QED) is 0.749. The van der Waals surface area contributed by atoms with Crippen LogP contribution in [0.25, 0.3) is 0 Å². The van der Waals surface area contributed by atoms with E-state index in [4.69, 9.17) is 4.99 Å². The average Bonchev–Trinajstić information content (AvgIpc) is 2.78. The van der Waals surface area contributed by atoms with Crippen LogP contribution in [0, 0.1) is 5.41 Å². The number of carbonyl (C=O) groups excluding carboxylic acids is 1. The van der Waals surface area contributed by atoms with E-state index in [1.807, 2.05) is 24.3 Å². The van der Waals surface area contributed by atoms with Crippen molar-refractivity contribution in [2.75, 3.05) is 5.75 Å². The summed E-state index contributed by atoms with van der Waals surface area (Å²) < 4.78 is 0. The van der Waals surface area contributed by atoms with Gasteiger partial charge in [-0.3, -0.25) is 9.79 Å². The molecule has 0 spiro atoms. The molecule has 1 aromatic rings. The van der Waals surface area contributed by atoms with E-state index < -0.39 is 0 Å². The Bertz CT molecular complexity index is 442. The van der Waals surface area contributed by atoms with Crippen LogP contribution in [-0.4, -0.2) is 23.1 Å². The zero-order chi connectivity index (χ0) is 12.5. The van der Waals surface area contributed by atoms with Crippen molar-refractivity contribution >= 4 is 23.1 Å². The Hall–Kier alpha value is -1.09. The molecule has 0 fully saturated rings. The van der Waals surface area contributed by atoms with Crippen molar-refractivity contribution < 1.29 is 4.79 Å². The fourth-order valence-electron chi connectivity index (χ4n) is 1.68. The molecule has 0 saturated heterocycles. The molecule has 0 saturated carbocycles. The lowest BCUT2D eigenvalue weighted by atomic mass is 9.88. The Balaban J connectivity index is 2.21. The summed E-state index contributed by atoms with van der Waals surface area (Å²) in [5, 5.41) is 1.10. The predicted octanol–water partition coefficient (Wildman–Crippen LogP) is 3.41. The topological polar surface area (TPSA) is 29.4 Å². The number of aldehydes is 1. The highest BCUT2D eigenvalue weighted by Crippen LogP contribution is 2.33. The number of rotatable bonds is 2. The van der Waals surface area contributed by atoms with Crippen LogP contribution < -0.4 is 0 Å². The standard InChI is InChI=1S/C14H17NOS/c1-14(2,3)12-9-17-13(15-12)11-6-4-10(8-16)5-7-11/h4-8,12H,9H2,1-3H3. The van der Waals surface area contributed by atoms with E-state index in [9.17, 15) is 4.79 Å². The number of carbonyl (C=O) groups is 1. The van der Waals surface area contributed by atoms with Crippen LogP contribution in [0.3, 0.4) is 0 Å². The van der Waals surface area contributed by atoms with Crippen molar-refractivity contribution in [1.82, 2.24) is 0 Å². The first kappa shape index (κ1) is 12.4. The van der Waals surface area contributed by atoms with Gasteiger partial charge in [0.2, 0.25) is 0 Å². The maximum Gasteiger partial charge on any atom is 0.150 e. The van der Waals surface area contributed by atoms with Gasteiger partial charge < -0.3 is 0 Å². The Morgan fingerprint density at radius 3 is 2.41 bits per heavy atom. The fourth-order valence-corrected chi connectivity index (χ4v) is 3.07. The van der Waals surface area contributed by atoms with Crippen LogP contribution in [-0.2, 0) is 0 Å². The highest BCUT2D eigenvalue weighted by Gasteiger charge is 2.29. The smallest absolute Gasteiger partial charge is 0.150 e. The van der Waals surface area contributed by atoms with E-state index in [1.165, 1.54) is 0 Å². The SMILES string of the molecule is CC(C)(C)C1CSC(c2ccc(C=O)cc2)=N1. The number of hydrogen-bond donors (Lipinski definition) is 0. The lowest BCUT2D eigenvalue weighted by molar-refractivity contribution is 0.112. The van der Waals surface area contributed by atoms with Gasteiger partial charge in [0.1, 0.15) is 6.29 Å². The van der Waals surface area contributed by atoms with E-state index in [0.29, 0.717) is 11.6 Å². The molecule has 1 aliphatic heterocycles. The number of nitrogens with zero attached hydrogens (tertiary/aromatic N) is 1. The molecule has 1 heterocycles. The lowest BCUT2D eigenvalue weighted by Gasteiger charge is -2.23. The van der Waals surface area contributed by atoms with Gasteiger partial charge in [-0.05, 0) is 5.41 Å².